The lowest BCUT2D eigenvalue weighted by Gasteiger charge is -2.18. The minimum absolute atomic E-state index is 0.273. The van der Waals surface area contributed by atoms with Crippen molar-refractivity contribution in [2.24, 2.45) is 10.2 Å². The monoisotopic (exact) mass is 280 g/mol. The minimum atomic E-state index is -1.24. The Bertz CT molecular complexity index is 753. The number of nitrogens with zero attached hydrogens (tertiary/aromatic N) is 2. The fourth-order valence-electron chi connectivity index (χ4n) is 2.09. The number of Topliss-reactive ketones (excluding diaryl/α,β-unsaturated/α-hetero) is 1. The summed E-state index contributed by atoms with van der Waals surface area (Å²) >= 11 is 0. The van der Waals surface area contributed by atoms with Crippen molar-refractivity contribution in [2.45, 2.75) is 13.0 Å². The van der Waals surface area contributed by atoms with Gasteiger partial charge >= 0.3 is 5.97 Å². The number of carbonyl (C=O) groups is 2. The zero-order valence-electron chi connectivity index (χ0n) is 11.3. The summed E-state index contributed by atoms with van der Waals surface area (Å²) in [6.45, 7) is 1.93. The molecule has 5 heteroatoms. The molecular formula is C16H12N2O3. The summed E-state index contributed by atoms with van der Waals surface area (Å²) in [5.74, 6) is -0.817. The summed E-state index contributed by atoms with van der Waals surface area (Å²) < 4.78 is 5.11. The van der Waals surface area contributed by atoms with E-state index in [2.05, 4.69) is 10.2 Å². The van der Waals surface area contributed by atoms with Crippen LogP contribution < -0.4 is 4.74 Å². The van der Waals surface area contributed by atoms with Crippen LogP contribution in [-0.4, -0.2) is 17.8 Å². The number of ether oxygens (including phenoxy) is 1. The second kappa shape index (κ2) is 5.28. The van der Waals surface area contributed by atoms with E-state index in [1.807, 2.05) is 25.1 Å². The lowest BCUT2D eigenvalue weighted by molar-refractivity contribution is -0.135. The summed E-state index contributed by atoms with van der Waals surface area (Å²) in [5.41, 5.74) is 1.97. The molecule has 0 N–H and O–H groups in total. The van der Waals surface area contributed by atoms with Gasteiger partial charge in [0.2, 0.25) is 11.8 Å². The Balaban J connectivity index is 1.89. The molecular weight excluding hydrogens is 268 g/mol. The number of azo groups is 1. The van der Waals surface area contributed by atoms with E-state index < -0.39 is 17.8 Å². The van der Waals surface area contributed by atoms with Gasteiger partial charge in [-0.3, -0.25) is 4.79 Å². The van der Waals surface area contributed by atoms with Crippen LogP contribution >= 0.6 is 0 Å². The number of carbonyl (C=O) groups excluding carboxylic acids is 2. The van der Waals surface area contributed by atoms with Crippen molar-refractivity contribution in [1.29, 1.82) is 0 Å². The van der Waals surface area contributed by atoms with Gasteiger partial charge in [0.1, 0.15) is 5.75 Å². The fourth-order valence-corrected chi connectivity index (χ4v) is 2.09. The van der Waals surface area contributed by atoms with Crippen LogP contribution in [0.25, 0.3) is 0 Å². The predicted octanol–water partition coefficient (Wildman–Crippen LogP) is 3.25. The van der Waals surface area contributed by atoms with Crippen LogP contribution in [0.5, 0.6) is 5.75 Å². The first-order valence-corrected chi connectivity index (χ1v) is 6.47. The van der Waals surface area contributed by atoms with E-state index in [1.54, 1.807) is 30.3 Å². The Hall–Kier alpha value is -2.82. The zero-order chi connectivity index (χ0) is 14.8. The average Bonchev–Trinajstić information content (AvgIpc) is 2.47. The molecule has 3 rings (SSSR count). The number of fused-ring (bicyclic) bond motifs is 1. The van der Waals surface area contributed by atoms with Crippen LogP contribution in [0.4, 0.5) is 5.69 Å². The van der Waals surface area contributed by atoms with Gasteiger partial charge in [0.05, 0.1) is 11.3 Å². The molecule has 0 spiro atoms. The third-order valence-electron chi connectivity index (χ3n) is 3.13. The number of ketones is 1. The molecule has 0 saturated heterocycles. The SMILES string of the molecule is Cc1cccc(N=N[C@H]2C(=O)Oc3ccccc3C2=O)c1. The van der Waals surface area contributed by atoms with Crippen molar-refractivity contribution in [3.8, 4) is 5.75 Å². The number of para-hydroxylation sites is 1. The van der Waals surface area contributed by atoms with Crippen molar-refractivity contribution < 1.29 is 14.3 Å². The highest BCUT2D eigenvalue weighted by molar-refractivity contribution is 6.16. The van der Waals surface area contributed by atoms with Gasteiger partial charge < -0.3 is 4.74 Å². The summed E-state index contributed by atoms with van der Waals surface area (Å²) in [7, 11) is 0. The summed E-state index contributed by atoms with van der Waals surface area (Å²) in [6, 6.07) is 12.7. The van der Waals surface area contributed by atoms with Crippen molar-refractivity contribution in [2.75, 3.05) is 0 Å². The first kappa shape index (κ1) is 13.2. The summed E-state index contributed by atoms with van der Waals surface area (Å²) in [6.07, 6.45) is 0. The molecule has 104 valence electrons. The Morgan fingerprint density at radius 1 is 1.05 bits per heavy atom. The van der Waals surface area contributed by atoms with E-state index in [0.717, 1.165) is 5.56 Å². The third kappa shape index (κ3) is 2.58. The molecule has 0 aliphatic carbocycles. The highest BCUT2D eigenvalue weighted by Crippen LogP contribution is 2.26. The molecule has 1 atom stereocenters. The van der Waals surface area contributed by atoms with Crippen LogP contribution in [0.1, 0.15) is 15.9 Å². The molecule has 0 amide bonds. The van der Waals surface area contributed by atoms with Gasteiger partial charge in [-0.05, 0) is 36.8 Å². The number of esters is 1. The van der Waals surface area contributed by atoms with Crippen molar-refractivity contribution in [3.05, 3.63) is 59.7 Å². The van der Waals surface area contributed by atoms with Gasteiger partial charge in [0.25, 0.3) is 0 Å². The Morgan fingerprint density at radius 3 is 2.67 bits per heavy atom. The highest BCUT2D eigenvalue weighted by atomic mass is 16.5. The molecule has 0 radical (unpaired) electrons. The molecule has 0 aromatic heterocycles. The van der Waals surface area contributed by atoms with Crippen molar-refractivity contribution >= 4 is 17.4 Å². The summed E-state index contributed by atoms with van der Waals surface area (Å²) in [5, 5.41) is 7.82. The third-order valence-corrected chi connectivity index (χ3v) is 3.13. The maximum Gasteiger partial charge on any atom is 0.346 e. The van der Waals surface area contributed by atoms with Crippen LogP contribution in [0.3, 0.4) is 0 Å². The number of benzene rings is 2. The largest absolute Gasteiger partial charge is 0.424 e. The van der Waals surface area contributed by atoms with E-state index in [9.17, 15) is 9.59 Å². The quantitative estimate of drug-likeness (QED) is 0.367. The average molecular weight is 280 g/mol. The number of hydrogen-bond acceptors (Lipinski definition) is 5. The van der Waals surface area contributed by atoms with Crippen molar-refractivity contribution in [3.63, 3.8) is 0 Å². The van der Waals surface area contributed by atoms with E-state index >= 15 is 0 Å². The van der Waals surface area contributed by atoms with Crippen LogP contribution in [0.15, 0.2) is 58.8 Å². The topological polar surface area (TPSA) is 68.1 Å². The van der Waals surface area contributed by atoms with Crippen LogP contribution in [0, 0.1) is 6.92 Å². The Labute approximate surface area is 121 Å². The van der Waals surface area contributed by atoms with Gasteiger partial charge in [-0.15, -0.1) is 0 Å². The predicted molar refractivity (Wildman–Crippen MR) is 75.9 cm³/mol. The maximum absolute atomic E-state index is 12.3. The molecule has 1 heterocycles. The first-order valence-electron chi connectivity index (χ1n) is 6.47. The number of rotatable bonds is 2. The molecule has 2 aromatic rings. The molecule has 0 fully saturated rings. The molecule has 0 saturated carbocycles. The van der Waals surface area contributed by atoms with E-state index in [0.29, 0.717) is 11.3 Å². The Morgan fingerprint density at radius 2 is 1.86 bits per heavy atom. The lowest BCUT2D eigenvalue weighted by Crippen LogP contribution is -2.36. The standard InChI is InChI=1S/C16H12N2O3/c1-10-5-4-6-11(9-10)17-18-14-15(19)12-7-2-3-8-13(12)21-16(14)20/h2-9,14H,1H3/t14-/m1/s1. The smallest absolute Gasteiger partial charge is 0.346 e. The van der Waals surface area contributed by atoms with E-state index in [4.69, 9.17) is 4.74 Å². The molecule has 1 aliphatic rings. The Kier molecular flexibility index (Phi) is 3.31. The van der Waals surface area contributed by atoms with E-state index in [1.165, 1.54) is 0 Å². The molecule has 5 nitrogen and oxygen atoms in total. The second-order valence-corrected chi connectivity index (χ2v) is 4.74. The number of hydrogen-bond donors (Lipinski definition) is 0. The van der Waals surface area contributed by atoms with Gasteiger partial charge in [-0.1, -0.05) is 24.3 Å². The first-order chi connectivity index (χ1) is 10.1. The fraction of sp³-hybridized carbons (Fsp3) is 0.125. The van der Waals surface area contributed by atoms with Gasteiger partial charge in [0, 0.05) is 0 Å². The van der Waals surface area contributed by atoms with Crippen LogP contribution in [0.2, 0.25) is 0 Å². The summed E-state index contributed by atoms with van der Waals surface area (Å²) in [4.78, 5) is 24.1. The van der Waals surface area contributed by atoms with Gasteiger partial charge in [-0.25, -0.2) is 4.79 Å². The molecule has 1 aliphatic heterocycles. The second-order valence-electron chi connectivity index (χ2n) is 4.74. The number of aryl methyl sites for hydroxylation is 1. The highest BCUT2D eigenvalue weighted by Gasteiger charge is 2.36. The van der Waals surface area contributed by atoms with Crippen molar-refractivity contribution in [1.82, 2.24) is 0 Å². The molecule has 21 heavy (non-hydrogen) atoms. The minimum Gasteiger partial charge on any atom is -0.424 e. The normalized spacial score (nSPS) is 17.7. The van der Waals surface area contributed by atoms with Crippen LogP contribution in [-0.2, 0) is 4.79 Å². The van der Waals surface area contributed by atoms with E-state index in [-0.39, 0.29) is 5.75 Å². The van der Waals surface area contributed by atoms with Gasteiger partial charge in [0.15, 0.2) is 0 Å². The zero-order valence-corrected chi connectivity index (χ0v) is 11.3. The van der Waals surface area contributed by atoms with Gasteiger partial charge in [-0.2, -0.15) is 10.2 Å². The lowest BCUT2D eigenvalue weighted by atomic mass is 10.0. The molecule has 0 bridgehead atoms. The maximum atomic E-state index is 12.3. The molecule has 0 unspecified atom stereocenters. The molecule has 2 aromatic carbocycles.